The van der Waals surface area contributed by atoms with Crippen LogP contribution in [-0.2, 0) is 7.05 Å². The summed E-state index contributed by atoms with van der Waals surface area (Å²) in [6.07, 6.45) is 0. The second-order valence-corrected chi connectivity index (χ2v) is 7.92. The molecule has 6 nitrogen and oxygen atoms in total. The predicted octanol–water partition coefficient (Wildman–Crippen LogP) is 5.59. The van der Waals surface area contributed by atoms with Crippen LogP contribution in [0.4, 0.5) is 5.69 Å². The summed E-state index contributed by atoms with van der Waals surface area (Å²) in [5, 5.41) is 11.3. The van der Waals surface area contributed by atoms with Crippen molar-refractivity contribution < 1.29 is 4.74 Å². The molecular formula is C26H25N5O. The second-order valence-electron chi connectivity index (χ2n) is 7.92. The monoisotopic (exact) mass is 423 g/mol. The lowest BCUT2D eigenvalue weighted by molar-refractivity contribution is 0.482. The molecule has 4 aromatic rings. The summed E-state index contributed by atoms with van der Waals surface area (Å²) in [5.41, 5.74) is 5.14. The zero-order chi connectivity index (χ0) is 22.1. The van der Waals surface area contributed by atoms with Gasteiger partial charge >= 0.3 is 0 Å². The average Bonchev–Trinajstić information content (AvgIpc) is 3.37. The highest BCUT2D eigenvalue weighted by atomic mass is 16.5. The Morgan fingerprint density at radius 3 is 2.25 bits per heavy atom. The number of ether oxygens (including phenoxy) is 1. The minimum atomic E-state index is 0.730. The van der Waals surface area contributed by atoms with E-state index in [9.17, 15) is 0 Å². The summed E-state index contributed by atoms with van der Waals surface area (Å²) < 4.78 is 8.11. The van der Waals surface area contributed by atoms with Crippen LogP contribution >= 0.6 is 0 Å². The summed E-state index contributed by atoms with van der Waals surface area (Å²) in [4.78, 5) is 2.10. The lowest BCUT2D eigenvalue weighted by Crippen LogP contribution is -2.25. The molecule has 0 amide bonds. The maximum Gasteiger partial charge on any atom is 0.129 e. The molecular weight excluding hydrogens is 398 g/mol. The Kier molecular flexibility index (Phi) is 5.11. The number of amidine groups is 1. The standard InChI is InChI=1S/C26H25N5O/c1-19-27-31(18-29(19)2)22-12-8-14-24(16-22)32-23-13-7-11-21(15-23)25-17-26(30(3)28-25)20-9-5-4-6-10-20/h4-17H,18H2,1-3H3. The van der Waals surface area contributed by atoms with Crippen LogP contribution in [0.2, 0.25) is 0 Å². The fraction of sp³-hybridized carbons (Fsp3) is 0.154. The molecule has 0 unspecified atom stereocenters. The van der Waals surface area contributed by atoms with Crippen LogP contribution < -0.4 is 9.75 Å². The number of hydrazone groups is 1. The van der Waals surface area contributed by atoms with Crippen LogP contribution in [0, 0.1) is 0 Å². The minimum Gasteiger partial charge on any atom is -0.457 e. The summed E-state index contributed by atoms with van der Waals surface area (Å²) in [5.74, 6) is 2.53. The quantitative estimate of drug-likeness (QED) is 0.420. The molecule has 0 radical (unpaired) electrons. The Bertz CT molecular complexity index is 1280. The summed E-state index contributed by atoms with van der Waals surface area (Å²) in [6, 6.07) is 28.4. The molecule has 0 atom stereocenters. The van der Waals surface area contributed by atoms with Crippen LogP contribution in [0.1, 0.15) is 6.92 Å². The van der Waals surface area contributed by atoms with Crippen LogP contribution in [0.3, 0.4) is 0 Å². The van der Waals surface area contributed by atoms with Gasteiger partial charge in [0.05, 0.1) is 17.1 Å². The SMILES string of the molecule is CC1=NN(c2cccc(Oc3cccc(-c4cc(-c5ccccc5)n(C)n4)c3)c2)CN1C. The zero-order valence-electron chi connectivity index (χ0n) is 18.4. The van der Waals surface area contributed by atoms with Gasteiger partial charge in [0.25, 0.3) is 0 Å². The Hall–Kier alpha value is -4.06. The molecule has 0 fully saturated rings. The highest BCUT2D eigenvalue weighted by molar-refractivity contribution is 5.83. The van der Waals surface area contributed by atoms with E-state index in [1.165, 1.54) is 0 Å². The maximum absolute atomic E-state index is 6.19. The van der Waals surface area contributed by atoms with E-state index in [1.54, 1.807) is 0 Å². The molecule has 0 spiro atoms. The fourth-order valence-electron chi connectivity index (χ4n) is 3.78. The van der Waals surface area contributed by atoms with Crippen molar-refractivity contribution >= 4 is 11.5 Å². The van der Waals surface area contributed by atoms with Crippen molar-refractivity contribution in [2.75, 3.05) is 18.7 Å². The first-order chi connectivity index (χ1) is 15.6. The van der Waals surface area contributed by atoms with E-state index < -0.39 is 0 Å². The Balaban J connectivity index is 1.38. The molecule has 5 rings (SSSR count). The molecule has 2 heterocycles. The van der Waals surface area contributed by atoms with Crippen molar-refractivity contribution in [1.82, 2.24) is 14.7 Å². The van der Waals surface area contributed by atoms with E-state index >= 15 is 0 Å². The van der Waals surface area contributed by atoms with E-state index in [0.717, 1.165) is 52.2 Å². The molecule has 1 aliphatic heterocycles. The summed E-state index contributed by atoms with van der Waals surface area (Å²) in [7, 11) is 4.00. The van der Waals surface area contributed by atoms with Crippen LogP contribution in [-0.4, -0.2) is 34.2 Å². The lowest BCUT2D eigenvalue weighted by Gasteiger charge is -2.17. The van der Waals surface area contributed by atoms with Crippen LogP contribution in [0.5, 0.6) is 11.5 Å². The maximum atomic E-state index is 6.19. The van der Waals surface area contributed by atoms with Crippen molar-refractivity contribution in [3.63, 3.8) is 0 Å². The molecule has 160 valence electrons. The van der Waals surface area contributed by atoms with E-state index in [4.69, 9.17) is 9.84 Å². The highest BCUT2D eigenvalue weighted by Gasteiger charge is 2.17. The Morgan fingerprint density at radius 2 is 1.50 bits per heavy atom. The number of nitrogens with zero attached hydrogens (tertiary/aromatic N) is 5. The van der Waals surface area contributed by atoms with Gasteiger partial charge < -0.3 is 9.64 Å². The van der Waals surface area contributed by atoms with Gasteiger partial charge in [-0.1, -0.05) is 48.5 Å². The molecule has 0 aliphatic carbocycles. The average molecular weight is 424 g/mol. The van der Waals surface area contributed by atoms with Crippen molar-refractivity contribution in [3.8, 4) is 34.0 Å². The van der Waals surface area contributed by atoms with E-state index in [-0.39, 0.29) is 0 Å². The van der Waals surface area contributed by atoms with Gasteiger partial charge in [0, 0.05) is 25.7 Å². The Labute approximate surface area is 188 Å². The zero-order valence-corrected chi connectivity index (χ0v) is 18.4. The first-order valence-corrected chi connectivity index (χ1v) is 10.6. The smallest absolute Gasteiger partial charge is 0.129 e. The number of hydrogen-bond donors (Lipinski definition) is 0. The summed E-state index contributed by atoms with van der Waals surface area (Å²) in [6.45, 7) is 2.74. The number of benzene rings is 3. The topological polar surface area (TPSA) is 45.9 Å². The van der Waals surface area contributed by atoms with Gasteiger partial charge in [0.15, 0.2) is 0 Å². The van der Waals surface area contributed by atoms with Gasteiger partial charge in [-0.15, -0.1) is 0 Å². The van der Waals surface area contributed by atoms with Gasteiger partial charge in [0.1, 0.15) is 24.0 Å². The lowest BCUT2D eigenvalue weighted by atomic mass is 10.1. The second kappa shape index (κ2) is 8.23. The molecule has 6 heteroatoms. The van der Waals surface area contributed by atoms with Crippen molar-refractivity contribution in [3.05, 3.63) is 84.9 Å². The normalized spacial score (nSPS) is 13.4. The Morgan fingerprint density at radius 1 is 0.781 bits per heavy atom. The number of aromatic nitrogens is 2. The first-order valence-electron chi connectivity index (χ1n) is 10.6. The molecule has 0 saturated heterocycles. The molecule has 3 aromatic carbocycles. The minimum absolute atomic E-state index is 0.730. The fourth-order valence-corrected chi connectivity index (χ4v) is 3.78. The van der Waals surface area contributed by atoms with Gasteiger partial charge in [0.2, 0.25) is 0 Å². The third-order valence-electron chi connectivity index (χ3n) is 5.59. The van der Waals surface area contributed by atoms with Gasteiger partial charge in [-0.3, -0.25) is 4.68 Å². The van der Waals surface area contributed by atoms with Crippen LogP contribution in [0.15, 0.2) is 90.0 Å². The van der Waals surface area contributed by atoms with Crippen LogP contribution in [0.25, 0.3) is 22.5 Å². The van der Waals surface area contributed by atoms with Gasteiger partial charge in [-0.05, 0) is 42.8 Å². The molecule has 0 bridgehead atoms. The summed E-state index contributed by atoms with van der Waals surface area (Å²) >= 11 is 0. The van der Waals surface area contributed by atoms with E-state index in [1.807, 2.05) is 91.4 Å². The van der Waals surface area contributed by atoms with E-state index in [0.29, 0.717) is 0 Å². The van der Waals surface area contributed by atoms with Gasteiger partial charge in [-0.25, -0.2) is 5.01 Å². The molecule has 0 saturated carbocycles. The van der Waals surface area contributed by atoms with Crippen molar-refractivity contribution in [2.45, 2.75) is 6.92 Å². The number of aryl methyl sites for hydroxylation is 1. The number of rotatable bonds is 5. The number of hydrogen-bond acceptors (Lipinski definition) is 5. The molecule has 1 aliphatic rings. The van der Waals surface area contributed by atoms with E-state index in [2.05, 4.69) is 34.3 Å². The molecule has 0 N–H and O–H groups in total. The molecule has 1 aromatic heterocycles. The third kappa shape index (κ3) is 3.95. The highest BCUT2D eigenvalue weighted by Crippen LogP contribution is 2.31. The van der Waals surface area contributed by atoms with Crippen molar-refractivity contribution in [2.24, 2.45) is 12.1 Å². The van der Waals surface area contributed by atoms with Crippen molar-refractivity contribution in [1.29, 1.82) is 0 Å². The third-order valence-corrected chi connectivity index (χ3v) is 5.59. The molecule has 32 heavy (non-hydrogen) atoms. The number of anilines is 1. The van der Waals surface area contributed by atoms with Gasteiger partial charge in [-0.2, -0.15) is 10.2 Å². The first kappa shape index (κ1) is 19.9. The largest absolute Gasteiger partial charge is 0.457 e. The predicted molar refractivity (Wildman–Crippen MR) is 129 cm³/mol.